The standard InChI is InChI=1S/C11H18N4/c12-10-4-3-5-13-11(10)14-6-9-15-7-1-2-8-15/h3-5H,1-2,6-9,12H2,(H,13,14). The van der Waals surface area contributed by atoms with E-state index < -0.39 is 0 Å². The van der Waals surface area contributed by atoms with Crippen LogP contribution in [0.5, 0.6) is 0 Å². The van der Waals surface area contributed by atoms with Crippen LogP contribution < -0.4 is 11.1 Å². The van der Waals surface area contributed by atoms with Gasteiger partial charge in [-0.3, -0.25) is 0 Å². The van der Waals surface area contributed by atoms with E-state index in [1.807, 2.05) is 12.1 Å². The summed E-state index contributed by atoms with van der Waals surface area (Å²) in [5.74, 6) is 0.802. The maximum atomic E-state index is 5.78. The van der Waals surface area contributed by atoms with Crippen molar-refractivity contribution < 1.29 is 0 Å². The van der Waals surface area contributed by atoms with Gasteiger partial charge in [0.05, 0.1) is 5.69 Å². The molecule has 0 aromatic carbocycles. The highest BCUT2D eigenvalue weighted by atomic mass is 15.2. The normalized spacial score (nSPS) is 16.8. The van der Waals surface area contributed by atoms with E-state index in [0.29, 0.717) is 0 Å². The third kappa shape index (κ3) is 2.83. The Morgan fingerprint density at radius 2 is 2.20 bits per heavy atom. The van der Waals surface area contributed by atoms with Crippen molar-refractivity contribution in [2.45, 2.75) is 12.8 Å². The summed E-state index contributed by atoms with van der Waals surface area (Å²) in [5.41, 5.74) is 6.50. The lowest BCUT2D eigenvalue weighted by atomic mass is 10.4. The number of nitrogen functional groups attached to an aromatic ring is 1. The molecule has 1 saturated heterocycles. The minimum Gasteiger partial charge on any atom is -0.396 e. The molecule has 82 valence electrons. The van der Waals surface area contributed by atoms with Gasteiger partial charge in [0.25, 0.3) is 0 Å². The SMILES string of the molecule is Nc1cccnc1NCCN1CCCC1. The van der Waals surface area contributed by atoms with Crippen LogP contribution in [0.1, 0.15) is 12.8 Å². The molecule has 0 aliphatic carbocycles. The molecular formula is C11H18N4. The molecule has 15 heavy (non-hydrogen) atoms. The Balaban J connectivity index is 1.75. The maximum absolute atomic E-state index is 5.78. The molecule has 0 amide bonds. The maximum Gasteiger partial charge on any atom is 0.149 e. The van der Waals surface area contributed by atoms with Crippen LogP contribution in [0, 0.1) is 0 Å². The van der Waals surface area contributed by atoms with Crippen molar-refractivity contribution in [3.05, 3.63) is 18.3 Å². The summed E-state index contributed by atoms with van der Waals surface area (Å²) in [6, 6.07) is 3.71. The Hall–Kier alpha value is -1.29. The molecule has 3 N–H and O–H groups in total. The van der Waals surface area contributed by atoms with Crippen LogP contribution >= 0.6 is 0 Å². The minimum absolute atomic E-state index is 0.721. The summed E-state index contributed by atoms with van der Waals surface area (Å²) in [4.78, 5) is 6.65. The van der Waals surface area contributed by atoms with Crippen molar-refractivity contribution in [1.82, 2.24) is 9.88 Å². The zero-order chi connectivity index (χ0) is 10.5. The van der Waals surface area contributed by atoms with Crippen LogP contribution in [0.4, 0.5) is 11.5 Å². The number of hydrogen-bond acceptors (Lipinski definition) is 4. The third-order valence-corrected chi connectivity index (χ3v) is 2.76. The fourth-order valence-corrected chi connectivity index (χ4v) is 1.90. The van der Waals surface area contributed by atoms with E-state index in [-0.39, 0.29) is 0 Å². The summed E-state index contributed by atoms with van der Waals surface area (Å²) >= 11 is 0. The van der Waals surface area contributed by atoms with E-state index in [4.69, 9.17) is 5.73 Å². The molecule has 2 rings (SSSR count). The summed E-state index contributed by atoms with van der Waals surface area (Å²) in [6.45, 7) is 4.47. The number of anilines is 2. The average Bonchev–Trinajstić information content (AvgIpc) is 2.74. The van der Waals surface area contributed by atoms with Crippen molar-refractivity contribution in [1.29, 1.82) is 0 Å². The highest BCUT2D eigenvalue weighted by Crippen LogP contribution is 2.12. The van der Waals surface area contributed by atoms with Gasteiger partial charge in [0, 0.05) is 19.3 Å². The predicted molar refractivity (Wildman–Crippen MR) is 62.8 cm³/mol. The molecule has 0 radical (unpaired) electrons. The van der Waals surface area contributed by atoms with Crippen LogP contribution in [0.3, 0.4) is 0 Å². The summed E-state index contributed by atoms with van der Waals surface area (Å²) < 4.78 is 0. The molecule has 1 aliphatic heterocycles. The van der Waals surface area contributed by atoms with Gasteiger partial charge in [-0.2, -0.15) is 0 Å². The zero-order valence-corrected chi connectivity index (χ0v) is 8.95. The topological polar surface area (TPSA) is 54.2 Å². The Bertz CT molecular complexity index is 307. The van der Waals surface area contributed by atoms with E-state index in [0.717, 1.165) is 24.6 Å². The van der Waals surface area contributed by atoms with Crippen LogP contribution in [-0.2, 0) is 0 Å². The van der Waals surface area contributed by atoms with Crippen LogP contribution in [0.2, 0.25) is 0 Å². The van der Waals surface area contributed by atoms with Gasteiger partial charge in [0.1, 0.15) is 5.82 Å². The molecular weight excluding hydrogens is 188 g/mol. The predicted octanol–water partition coefficient (Wildman–Crippen LogP) is 1.17. The first-order valence-electron chi connectivity index (χ1n) is 5.53. The van der Waals surface area contributed by atoms with Crippen LogP contribution in [0.25, 0.3) is 0 Å². The van der Waals surface area contributed by atoms with Gasteiger partial charge >= 0.3 is 0 Å². The van der Waals surface area contributed by atoms with E-state index in [1.165, 1.54) is 25.9 Å². The minimum atomic E-state index is 0.721. The highest BCUT2D eigenvalue weighted by Gasteiger charge is 2.10. The van der Waals surface area contributed by atoms with E-state index in [1.54, 1.807) is 6.20 Å². The summed E-state index contributed by atoms with van der Waals surface area (Å²) in [5, 5.41) is 3.26. The van der Waals surface area contributed by atoms with Crippen molar-refractivity contribution in [2.75, 3.05) is 37.2 Å². The molecule has 0 spiro atoms. The Kier molecular flexibility index (Phi) is 3.40. The number of rotatable bonds is 4. The number of aromatic nitrogens is 1. The van der Waals surface area contributed by atoms with Gasteiger partial charge < -0.3 is 16.0 Å². The lowest BCUT2D eigenvalue weighted by Gasteiger charge is -2.15. The lowest BCUT2D eigenvalue weighted by Crippen LogP contribution is -2.26. The molecule has 0 bridgehead atoms. The van der Waals surface area contributed by atoms with E-state index >= 15 is 0 Å². The lowest BCUT2D eigenvalue weighted by molar-refractivity contribution is 0.352. The third-order valence-electron chi connectivity index (χ3n) is 2.76. The van der Waals surface area contributed by atoms with Gasteiger partial charge in [-0.15, -0.1) is 0 Å². The first kappa shape index (κ1) is 10.2. The van der Waals surface area contributed by atoms with Crippen LogP contribution in [0.15, 0.2) is 18.3 Å². The second-order valence-electron chi connectivity index (χ2n) is 3.92. The van der Waals surface area contributed by atoms with Crippen molar-refractivity contribution in [2.24, 2.45) is 0 Å². The molecule has 4 nitrogen and oxygen atoms in total. The molecule has 0 unspecified atom stereocenters. The highest BCUT2D eigenvalue weighted by molar-refractivity contribution is 5.60. The number of nitrogens with zero attached hydrogens (tertiary/aromatic N) is 2. The summed E-state index contributed by atoms with van der Waals surface area (Å²) in [7, 11) is 0. The number of pyridine rings is 1. The second kappa shape index (κ2) is 4.98. The Morgan fingerprint density at radius 3 is 2.93 bits per heavy atom. The number of nitrogens with two attached hydrogens (primary N) is 1. The fourth-order valence-electron chi connectivity index (χ4n) is 1.90. The first-order valence-corrected chi connectivity index (χ1v) is 5.53. The molecule has 2 heterocycles. The molecule has 1 aromatic rings. The average molecular weight is 206 g/mol. The van der Waals surface area contributed by atoms with Gasteiger partial charge in [0.2, 0.25) is 0 Å². The molecule has 1 aromatic heterocycles. The number of likely N-dealkylation sites (tertiary alicyclic amines) is 1. The van der Waals surface area contributed by atoms with Crippen molar-refractivity contribution in [3.8, 4) is 0 Å². The van der Waals surface area contributed by atoms with Crippen LogP contribution in [-0.4, -0.2) is 36.1 Å². The van der Waals surface area contributed by atoms with Crippen molar-refractivity contribution >= 4 is 11.5 Å². The number of hydrogen-bond donors (Lipinski definition) is 2. The zero-order valence-electron chi connectivity index (χ0n) is 8.95. The monoisotopic (exact) mass is 206 g/mol. The molecule has 1 fully saturated rings. The smallest absolute Gasteiger partial charge is 0.149 e. The fraction of sp³-hybridized carbons (Fsp3) is 0.545. The van der Waals surface area contributed by atoms with E-state index in [2.05, 4.69) is 15.2 Å². The molecule has 1 aliphatic rings. The largest absolute Gasteiger partial charge is 0.396 e. The Labute approximate surface area is 90.5 Å². The summed E-state index contributed by atoms with van der Waals surface area (Å²) in [6.07, 6.45) is 4.44. The number of nitrogens with one attached hydrogen (secondary N) is 1. The second-order valence-corrected chi connectivity index (χ2v) is 3.92. The van der Waals surface area contributed by atoms with Gasteiger partial charge in [-0.25, -0.2) is 4.98 Å². The molecule has 0 atom stereocenters. The molecule has 0 saturated carbocycles. The quantitative estimate of drug-likeness (QED) is 0.776. The van der Waals surface area contributed by atoms with Gasteiger partial charge in [-0.1, -0.05) is 0 Å². The Morgan fingerprint density at radius 1 is 1.40 bits per heavy atom. The van der Waals surface area contributed by atoms with Gasteiger partial charge in [0.15, 0.2) is 0 Å². The first-order chi connectivity index (χ1) is 7.36. The molecule has 4 heteroatoms. The van der Waals surface area contributed by atoms with Crippen molar-refractivity contribution in [3.63, 3.8) is 0 Å². The van der Waals surface area contributed by atoms with Gasteiger partial charge in [-0.05, 0) is 38.1 Å². The van der Waals surface area contributed by atoms with E-state index in [9.17, 15) is 0 Å².